The minimum absolute atomic E-state index is 0.0869. The number of benzene rings is 1. The minimum Gasteiger partial charge on any atom is -0.351 e. The van der Waals surface area contributed by atoms with Gasteiger partial charge >= 0.3 is 0 Å². The van der Waals surface area contributed by atoms with Gasteiger partial charge in [-0.3, -0.25) is 4.79 Å². The van der Waals surface area contributed by atoms with Crippen molar-refractivity contribution in [2.75, 3.05) is 6.54 Å². The molecule has 0 saturated heterocycles. The normalized spacial score (nSPS) is 14.6. The topological polar surface area (TPSA) is 72.9 Å². The van der Waals surface area contributed by atoms with Gasteiger partial charge in [-0.25, -0.2) is 4.68 Å². The first kappa shape index (κ1) is 15.7. The summed E-state index contributed by atoms with van der Waals surface area (Å²) in [7, 11) is 0. The Kier molecular flexibility index (Phi) is 4.48. The van der Waals surface area contributed by atoms with Crippen LogP contribution in [-0.4, -0.2) is 28.3 Å². The van der Waals surface area contributed by atoms with E-state index in [2.05, 4.69) is 29.5 Å². The number of nitrogens with two attached hydrogens (primary N) is 1. The Bertz CT molecular complexity index is 718. The molecule has 23 heavy (non-hydrogen) atoms. The maximum Gasteiger partial charge on any atom is 0.272 e. The second-order valence-corrected chi connectivity index (χ2v) is 6.35. The number of nitrogens with one attached hydrogen (secondary N) is 1. The quantitative estimate of drug-likeness (QED) is 0.888. The average Bonchev–Trinajstić information content (AvgIpc) is 3.09. The van der Waals surface area contributed by atoms with Crippen LogP contribution in [-0.2, 0) is 12.8 Å². The van der Waals surface area contributed by atoms with Gasteiger partial charge in [0.2, 0.25) is 0 Å². The molecule has 1 aromatic heterocycles. The number of carbonyl (C=O) groups excluding carboxylic acids is 1. The summed E-state index contributed by atoms with van der Waals surface area (Å²) in [6.45, 7) is 4.60. The van der Waals surface area contributed by atoms with Crippen LogP contribution in [0.1, 0.15) is 47.1 Å². The number of aryl methyl sites for hydroxylation is 1. The van der Waals surface area contributed by atoms with E-state index in [1.54, 1.807) is 0 Å². The van der Waals surface area contributed by atoms with Crippen molar-refractivity contribution >= 4 is 5.91 Å². The molecule has 5 heteroatoms. The van der Waals surface area contributed by atoms with Crippen molar-refractivity contribution in [2.24, 2.45) is 5.73 Å². The van der Waals surface area contributed by atoms with Crippen molar-refractivity contribution in [3.8, 4) is 5.69 Å². The van der Waals surface area contributed by atoms with Crippen molar-refractivity contribution < 1.29 is 4.79 Å². The third kappa shape index (κ3) is 3.15. The lowest BCUT2D eigenvalue weighted by Gasteiger charge is -2.08. The number of rotatable bonds is 5. The molecule has 0 aliphatic heterocycles. The van der Waals surface area contributed by atoms with Gasteiger partial charge in [-0.15, -0.1) is 0 Å². The van der Waals surface area contributed by atoms with Crippen LogP contribution in [0.25, 0.3) is 5.69 Å². The Hall–Kier alpha value is -2.14. The smallest absolute Gasteiger partial charge is 0.272 e. The van der Waals surface area contributed by atoms with E-state index < -0.39 is 0 Å². The first-order chi connectivity index (χ1) is 11.1. The number of para-hydroxylation sites is 1. The van der Waals surface area contributed by atoms with E-state index in [0.717, 1.165) is 42.5 Å². The lowest BCUT2D eigenvalue weighted by atomic mass is 10.1. The van der Waals surface area contributed by atoms with Gasteiger partial charge in [-0.2, -0.15) is 5.10 Å². The van der Waals surface area contributed by atoms with Gasteiger partial charge < -0.3 is 11.1 Å². The highest BCUT2D eigenvalue weighted by molar-refractivity contribution is 5.94. The van der Waals surface area contributed by atoms with Crippen molar-refractivity contribution in [1.82, 2.24) is 15.1 Å². The van der Waals surface area contributed by atoms with Gasteiger partial charge in [0.05, 0.1) is 5.69 Å². The molecule has 0 bridgehead atoms. The molecule has 1 amide bonds. The lowest BCUT2D eigenvalue weighted by molar-refractivity contribution is 0.0946. The molecule has 1 aliphatic rings. The molecular weight excluding hydrogens is 288 g/mol. The zero-order valence-corrected chi connectivity index (χ0v) is 13.8. The van der Waals surface area contributed by atoms with Crippen LogP contribution in [0.3, 0.4) is 0 Å². The fourth-order valence-corrected chi connectivity index (χ4v) is 3.12. The highest BCUT2D eigenvalue weighted by Crippen LogP contribution is 2.28. The van der Waals surface area contributed by atoms with Crippen molar-refractivity contribution in [3.05, 3.63) is 46.8 Å². The van der Waals surface area contributed by atoms with Gasteiger partial charge in [-0.1, -0.05) is 18.2 Å². The molecule has 3 N–H and O–H groups in total. The van der Waals surface area contributed by atoms with Crippen LogP contribution in [0, 0.1) is 6.92 Å². The molecule has 0 radical (unpaired) electrons. The van der Waals surface area contributed by atoms with Crippen molar-refractivity contribution in [3.63, 3.8) is 0 Å². The summed E-state index contributed by atoms with van der Waals surface area (Å²) in [4.78, 5) is 12.5. The second kappa shape index (κ2) is 6.54. The number of hydrogen-bond donors (Lipinski definition) is 2. The zero-order valence-electron chi connectivity index (χ0n) is 13.8. The predicted molar refractivity (Wildman–Crippen MR) is 90.9 cm³/mol. The van der Waals surface area contributed by atoms with Gasteiger partial charge in [0, 0.05) is 23.8 Å². The molecule has 2 aromatic rings. The Morgan fingerprint density at radius 2 is 2.17 bits per heavy atom. The summed E-state index contributed by atoms with van der Waals surface area (Å²) in [6.07, 6.45) is 3.76. The third-order valence-electron chi connectivity index (χ3n) is 4.37. The van der Waals surface area contributed by atoms with Crippen molar-refractivity contribution in [1.29, 1.82) is 0 Å². The maximum absolute atomic E-state index is 12.5. The Morgan fingerprint density at radius 1 is 1.39 bits per heavy atom. The summed E-state index contributed by atoms with van der Waals surface area (Å²) < 4.78 is 1.96. The van der Waals surface area contributed by atoms with Gasteiger partial charge in [-0.05, 0) is 51.2 Å². The van der Waals surface area contributed by atoms with Crippen LogP contribution in [0.2, 0.25) is 0 Å². The lowest BCUT2D eigenvalue weighted by Crippen LogP contribution is -2.29. The molecule has 0 saturated carbocycles. The number of aromatic nitrogens is 2. The Morgan fingerprint density at radius 3 is 2.91 bits per heavy atom. The Labute approximate surface area is 136 Å². The van der Waals surface area contributed by atoms with E-state index >= 15 is 0 Å². The third-order valence-corrected chi connectivity index (χ3v) is 4.37. The largest absolute Gasteiger partial charge is 0.351 e. The fraction of sp³-hybridized carbons (Fsp3) is 0.444. The monoisotopic (exact) mass is 312 g/mol. The molecule has 5 nitrogen and oxygen atoms in total. The molecular formula is C18H24N4O. The molecule has 3 rings (SSSR count). The van der Waals surface area contributed by atoms with Gasteiger partial charge in [0.15, 0.2) is 5.69 Å². The van der Waals surface area contributed by atoms with E-state index in [1.807, 2.05) is 23.7 Å². The fourth-order valence-electron chi connectivity index (χ4n) is 3.12. The number of carbonyl (C=O) groups is 1. The zero-order chi connectivity index (χ0) is 16.4. The molecule has 1 atom stereocenters. The van der Waals surface area contributed by atoms with E-state index in [-0.39, 0.29) is 11.9 Å². The SMILES string of the molecule is Cc1ccccc1-n1nc(C(=O)NCCC(C)N)c2c1CCC2. The van der Waals surface area contributed by atoms with Crippen LogP contribution in [0.5, 0.6) is 0 Å². The molecule has 0 fully saturated rings. The van der Waals surface area contributed by atoms with E-state index in [9.17, 15) is 4.79 Å². The summed E-state index contributed by atoms with van der Waals surface area (Å²) in [6, 6.07) is 8.24. The average molecular weight is 312 g/mol. The molecule has 1 aliphatic carbocycles. The predicted octanol–water partition coefficient (Wildman–Crippen LogP) is 2.14. The second-order valence-electron chi connectivity index (χ2n) is 6.35. The molecule has 122 valence electrons. The summed E-state index contributed by atoms with van der Waals surface area (Å²) in [5.41, 5.74) is 10.8. The molecule has 0 spiro atoms. The highest BCUT2D eigenvalue weighted by atomic mass is 16.1. The summed E-state index contributed by atoms with van der Waals surface area (Å²) >= 11 is 0. The van der Waals surface area contributed by atoms with Crippen LogP contribution >= 0.6 is 0 Å². The van der Waals surface area contributed by atoms with E-state index in [1.165, 1.54) is 5.69 Å². The van der Waals surface area contributed by atoms with E-state index in [0.29, 0.717) is 12.2 Å². The highest BCUT2D eigenvalue weighted by Gasteiger charge is 2.27. The van der Waals surface area contributed by atoms with Crippen LogP contribution in [0.4, 0.5) is 0 Å². The minimum atomic E-state index is -0.0869. The standard InChI is InChI=1S/C18H24N4O/c1-12-6-3-4-8-15(12)22-16-9-5-7-14(16)17(21-22)18(23)20-11-10-13(2)19/h3-4,6,8,13H,5,7,9-11,19H2,1-2H3,(H,20,23). The number of fused-ring (bicyclic) bond motifs is 1. The molecule has 1 aromatic carbocycles. The molecule has 1 unspecified atom stereocenters. The Balaban J connectivity index is 1.90. The summed E-state index contributed by atoms with van der Waals surface area (Å²) in [5.74, 6) is -0.0869. The molecule has 1 heterocycles. The number of nitrogens with zero attached hydrogens (tertiary/aromatic N) is 2. The van der Waals surface area contributed by atoms with Crippen LogP contribution < -0.4 is 11.1 Å². The number of amides is 1. The van der Waals surface area contributed by atoms with Crippen LogP contribution in [0.15, 0.2) is 24.3 Å². The van der Waals surface area contributed by atoms with Gasteiger partial charge in [0.1, 0.15) is 0 Å². The first-order valence-corrected chi connectivity index (χ1v) is 8.28. The van der Waals surface area contributed by atoms with Crippen molar-refractivity contribution in [2.45, 2.75) is 45.6 Å². The summed E-state index contributed by atoms with van der Waals surface area (Å²) in [5, 5.41) is 7.58. The van der Waals surface area contributed by atoms with E-state index in [4.69, 9.17) is 5.73 Å². The van der Waals surface area contributed by atoms with Gasteiger partial charge in [0.25, 0.3) is 5.91 Å². The number of hydrogen-bond acceptors (Lipinski definition) is 3. The maximum atomic E-state index is 12.5. The first-order valence-electron chi connectivity index (χ1n) is 8.28.